The van der Waals surface area contributed by atoms with Gasteiger partial charge in [-0.3, -0.25) is 4.98 Å². The first kappa shape index (κ1) is 18.2. The molecule has 0 aliphatic carbocycles. The van der Waals surface area contributed by atoms with Gasteiger partial charge in [0.15, 0.2) is 0 Å². The van der Waals surface area contributed by atoms with Crippen LogP contribution in [0, 0.1) is 17.2 Å². The van der Waals surface area contributed by atoms with Gasteiger partial charge in [-0.05, 0) is 57.2 Å². The zero-order chi connectivity index (χ0) is 18.7. The zero-order valence-electron chi connectivity index (χ0n) is 15.6. The Balaban J connectivity index is 1.68. The van der Waals surface area contributed by atoms with Gasteiger partial charge in [0.1, 0.15) is 5.60 Å². The number of fused-ring (bicyclic) bond motifs is 1. The van der Waals surface area contributed by atoms with Gasteiger partial charge >= 0.3 is 6.09 Å². The second-order valence-electron chi connectivity index (χ2n) is 7.87. The molecule has 1 saturated heterocycles. The number of hydrogen-bond acceptors (Lipinski definition) is 4. The first-order chi connectivity index (χ1) is 12.4. The van der Waals surface area contributed by atoms with Crippen LogP contribution >= 0.6 is 0 Å². The van der Waals surface area contributed by atoms with E-state index in [9.17, 15) is 10.1 Å². The molecule has 1 aliphatic rings. The molecule has 26 heavy (non-hydrogen) atoms. The quantitative estimate of drug-likeness (QED) is 0.799. The summed E-state index contributed by atoms with van der Waals surface area (Å²) >= 11 is 0. The largest absolute Gasteiger partial charge is 0.444 e. The summed E-state index contributed by atoms with van der Waals surface area (Å²) in [6.07, 6.45) is 3.14. The number of aromatic nitrogens is 1. The second-order valence-corrected chi connectivity index (χ2v) is 7.87. The average Bonchev–Trinajstić information content (AvgIpc) is 2.61. The molecule has 1 amide bonds. The number of likely N-dealkylation sites (tertiary alicyclic amines) is 1. The van der Waals surface area contributed by atoms with Crippen molar-refractivity contribution < 1.29 is 9.53 Å². The van der Waals surface area contributed by atoms with Crippen LogP contribution in [-0.4, -0.2) is 34.7 Å². The molecular weight excluding hydrogens is 326 g/mol. The molecule has 2 heterocycles. The van der Waals surface area contributed by atoms with Crippen LogP contribution in [0.3, 0.4) is 0 Å². The van der Waals surface area contributed by atoms with Crippen molar-refractivity contribution in [3.8, 4) is 6.07 Å². The third-order valence-electron chi connectivity index (χ3n) is 4.77. The molecule has 5 nitrogen and oxygen atoms in total. The maximum absolute atomic E-state index is 12.2. The molecule has 1 fully saturated rings. The fourth-order valence-corrected chi connectivity index (χ4v) is 3.45. The number of nitrogens with zero attached hydrogens (tertiary/aromatic N) is 3. The average molecular weight is 351 g/mol. The summed E-state index contributed by atoms with van der Waals surface area (Å²) in [6.45, 7) is 6.86. The number of ether oxygens (including phenoxy) is 1. The molecule has 0 saturated carbocycles. The van der Waals surface area contributed by atoms with E-state index >= 15 is 0 Å². The molecule has 0 spiro atoms. The fourth-order valence-electron chi connectivity index (χ4n) is 3.45. The molecule has 136 valence electrons. The summed E-state index contributed by atoms with van der Waals surface area (Å²) in [5, 5.41) is 10.8. The van der Waals surface area contributed by atoms with Gasteiger partial charge in [-0.1, -0.05) is 18.2 Å². The molecular formula is C21H25N3O2. The summed E-state index contributed by atoms with van der Waals surface area (Å²) in [5.41, 5.74) is 1.41. The summed E-state index contributed by atoms with van der Waals surface area (Å²) in [6, 6.07) is 12.5. The van der Waals surface area contributed by atoms with Gasteiger partial charge in [0.05, 0.1) is 17.5 Å². The van der Waals surface area contributed by atoms with Crippen LogP contribution < -0.4 is 0 Å². The van der Waals surface area contributed by atoms with E-state index in [1.165, 1.54) is 0 Å². The third kappa shape index (κ3) is 4.13. The Morgan fingerprint density at radius 3 is 2.65 bits per heavy atom. The van der Waals surface area contributed by atoms with Crippen LogP contribution in [0.4, 0.5) is 4.79 Å². The van der Waals surface area contributed by atoms with Crippen molar-refractivity contribution in [2.45, 2.75) is 45.1 Å². The minimum Gasteiger partial charge on any atom is -0.444 e. The Bertz CT molecular complexity index is 827. The summed E-state index contributed by atoms with van der Waals surface area (Å²) in [5.74, 6) is 0.0227. The highest BCUT2D eigenvalue weighted by Crippen LogP contribution is 2.33. The van der Waals surface area contributed by atoms with Gasteiger partial charge in [-0.15, -0.1) is 0 Å². The van der Waals surface area contributed by atoms with Crippen molar-refractivity contribution in [3.05, 3.63) is 42.1 Å². The molecule has 0 N–H and O–H groups in total. The molecule has 2 aromatic rings. The lowest BCUT2D eigenvalue weighted by atomic mass is 9.81. The van der Waals surface area contributed by atoms with Crippen LogP contribution in [0.1, 0.15) is 45.1 Å². The van der Waals surface area contributed by atoms with Gasteiger partial charge in [-0.2, -0.15) is 5.26 Å². The van der Waals surface area contributed by atoms with Gasteiger partial charge in [0.25, 0.3) is 0 Å². The van der Waals surface area contributed by atoms with Crippen LogP contribution in [-0.2, 0) is 4.74 Å². The first-order valence-electron chi connectivity index (χ1n) is 9.09. The number of amides is 1. The number of piperidine rings is 1. The van der Waals surface area contributed by atoms with Crippen molar-refractivity contribution >= 4 is 17.0 Å². The van der Waals surface area contributed by atoms with Crippen LogP contribution in [0.5, 0.6) is 0 Å². The number of carbonyl (C=O) groups excluding carboxylic acids is 1. The minimum absolute atomic E-state index is 0.201. The Hall–Kier alpha value is -2.61. The van der Waals surface area contributed by atoms with E-state index in [0.717, 1.165) is 29.3 Å². The van der Waals surface area contributed by atoms with Crippen molar-refractivity contribution in [1.29, 1.82) is 5.26 Å². The maximum Gasteiger partial charge on any atom is 0.410 e. The maximum atomic E-state index is 12.2. The minimum atomic E-state index is -0.486. The summed E-state index contributed by atoms with van der Waals surface area (Å²) < 4.78 is 5.44. The predicted molar refractivity (Wildman–Crippen MR) is 101 cm³/mol. The summed E-state index contributed by atoms with van der Waals surface area (Å²) in [4.78, 5) is 18.4. The molecule has 5 heteroatoms. The van der Waals surface area contributed by atoms with E-state index in [2.05, 4.69) is 17.1 Å². The lowest BCUT2D eigenvalue weighted by Gasteiger charge is -2.35. The zero-order valence-corrected chi connectivity index (χ0v) is 15.6. The second kappa shape index (κ2) is 7.33. The number of pyridine rings is 1. The van der Waals surface area contributed by atoms with E-state index in [1.807, 2.05) is 51.2 Å². The Morgan fingerprint density at radius 1 is 1.31 bits per heavy atom. The molecule has 1 aromatic heterocycles. The van der Waals surface area contributed by atoms with Crippen LogP contribution in [0.15, 0.2) is 36.5 Å². The van der Waals surface area contributed by atoms with Crippen LogP contribution in [0.2, 0.25) is 0 Å². The molecule has 0 radical (unpaired) electrons. The van der Waals surface area contributed by atoms with E-state index in [1.54, 1.807) is 4.90 Å². The van der Waals surface area contributed by atoms with Crippen molar-refractivity contribution in [1.82, 2.24) is 9.88 Å². The lowest BCUT2D eigenvalue weighted by molar-refractivity contribution is 0.0180. The van der Waals surface area contributed by atoms with Gasteiger partial charge in [0.2, 0.25) is 0 Å². The number of rotatable bonds is 2. The molecule has 1 aliphatic heterocycles. The number of hydrogen-bond donors (Lipinski definition) is 0. The lowest BCUT2D eigenvalue weighted by Crippen LogP contribution is -2.42. The number of benzene rings is 1. The smallest absolute Gasteiger partial charge is 0.410 e. The van der Waals surface area contributed by atoms with E-state index in [4.69, 9.17) is 4.74 Å². The van der Waals surface area contributed by atoms with Crippen LogP contribution in [0.25, 0.3) is 10.9 Å². The Kier molecular flexibility index (Phi) is 5.13. The molecule has 0 bridgehead atoms. The molecule has 0 unspecified atom stereocenters. The van der Waals surface area contributed by atoms with E-state index in [-0.39, 0.29) is 17.9 Å². The van der Waals surface area contributed by atoms with Crippen molar-refractivity contribution in [2.75, 3.05) is 13.1 Å². The fraction of sp³-hybridized carbons (Fsp3) is 0.476. The monoisotopic (exact) mass is 351 g/mol. The predicted octanol–water partition coefficient (Wildman–Crippen LogP) is 4.49. The topological polar surface area (TPSA) is 66.2 Å². The number of para-hydroxylation sites is 1. The molecule has 3 rings (SSSR count). The normalized spacial score (nSPS) is 16.9. The molecule has 1 aromatic carbocycles. The van der Waals surface area contributed by atoms with Crippen molar-refractivity contribution in [2.24, 2.45) is 5.92 Å². The number of carbonyl (C=O) groups is 1. The van der Waals surface area contributed by atoms with Gasteiger partial charge in [-0.25, -0.2) is 4.79 Å². The standard InChI is InChI=1S/C21H25N3O2/c1-21(2,3)26-20(25)24-10-8-15(9-11-24)18(13-22)17-12-16-6-4-5-7-19(16)23-14-17/h4-7,12,14-15,18H,8-11H2,1-3H3/t18-/m0/s1. The SMILES string of the molecule is CC(C)(C)OC(=O)N1CCC([C@H](C#N)c2cnc3ccccc3c2)CC1. The van der Waals surface area contributed by atoms with Gasteiger partial charge < -0.3 is 9.64 Å². The molecule has 1 atom stereocenters. The van der Waals surface area contributed by atoms with Crippen molar-refractivity contribution in [3.63, 3.8) is 0 Å². The highest BCUT2D eigenvalue weighted by atomic mass is 16.6. The third-order valence-corrected chi connectivity index (χ3v) is 4.77. The number of nitriles is 1. The first-order valence-corrected chi connectivity index (χ1v) is 9.09. The Labute approximate surface area is 154 Å². The Morgan fingerprint density at radius 2 is 2.00 bits per heavy atom. The van der Waals surface area contributed by atoms with E-state index in [0.29, 0.717) is 13.1 Å². The summed E-state index contributed by atoms with van der Waals surface area (Å²) in [7, 11) is 0. The van der Waals surface area contributed by atoms with E-state index < -0.39 is 5.60 Å². The highest BCUT2D eigenvalue weighted by molar-refractivity contribution is 5.79. The van der Waals surface area contributed by atoms with Gasteiger partial charge in [0, 0.05) is 24.7 Å². The highest BCUT2D eigenvalue weighted by Gasteiger charge is 2.31.